The first kappa shape index (κ1) is 20.6. The predicted octanol–water partition coefficient (Wildman–Crippen LogP) is 3.12. The SMILES string of the molecule is CC(c1ccccc1F)N1c2nc(N3CCOCC3)cc(=O)n2CC[C@H]1C(F)(F)F. The molecule has 0 amide bonds. The maximum absolute atomic E-state index is 14.4. The molecule has 1 unspecified atom stereocenters. The van der Waals surface area contributed by atoms with E-state index in [1.54, 1.807) is 6.07 Å². The van der Waals surface area contributed by atoms with Crippen LogP contribution in [0.25, 0.3) is 0 Å². The van der Waals surface area contributed by atoms with Crippen molar-refractivity contribution < 1.29 is 22.3 Å². The molecule has 0 aliphatic carbocycles. The van der Waals surface area contributed by atoms with Crippen LogP contribution < -0.4 is 15.4 Å². The second kappa shape index (κ2) is 7.90. The van der Waals surface area contributed by atoms with Crippen molar-refractivity contribution in [1.82, 2.24) is 9.55 Å². The van der Waals surface area contributed by atoms with Crippen molar-refractivity contribution in [3.63, 3.8) is 0 Å². The monoisotopic (exact) mass is 426 g/mol. The van der Waals surface area contributed by atoms with Gasteiger partial charge in [0.05, 0.1) is 19.3 Å². The summed E-state index contributed by atoms with van der Waals surface area (Å²) in [6, 6.07) is 4.21. The Morgan fingerprint density at radius 3 is 2.53 bits per heavy atom. The molecule has 2 aliphatic heterocycles. The number of halogens is 4. The van der Waals surface area contributed by atoms with Crippen LogP contribution in [0.15, 0.2) is 35.1 Å². The number of alkyl halides is 3. The average Bonchev–Trinajstić information content (AvgIpc) is 2.72. The summed E-state index contributed by atoms with van der Waals surface area (Å²) >= 11 is 0. The fourth-order valence-corrected chi connectivity index (χ4v) is 4.10. The van der Waals surface area contributed by atoms with E-state index in [4.69, 9.17) is 4.74 Å². The zero-order valence-corrected chi connectivity index (χ0v) is 16.4. The van der Waals surface area contributed by atoms with E-state index < -0.39 is 29.6 Å². The fraction of sp³-hybridized carbons (Fsp3) is 0.500. The Bertz CT molecular complexity index is 972. The Morgan fingerprint density at radius 2 is 1.87 bits per heavy atom. The van der Waals surface area contributed by atoms with E-state index in [9.17, 15) is 22.4 Å². The van der Waals surface area contributed by atoms with Crippen LogP contribution in [-0.4, -0.2) is 48.1 Å². The Kier molecular flexibility index (Phi) is 5.44. The molecular formula is C20H22F4N4O2. The lowest BCUT2D eigenvalue weighted by atomic mass is 10.0. The van der Waals surface area contributed by atoms with Gasteiger partial charge in [-0.1, -0.05) is 18.2 Å². The normalized spacial score (nSPS) is 20.8. The van der Waals surface area contributed by atoms with Crippen LogP contribution in [0.4, 0.5) is 29.3 Å². The zero-order valence-electron chi connectivity index (χ0n) is 16.4. The molecule has 1 fully saturated rings. The molecule has 2 atom stereocenters. The first-order chi connectivity index (χ1) is 14.3. The number of morpholine rings is 1. The maximum Gasteiger partial charge on any atom is 0.408 e. The minimum atomic E-state index is -4.56. The van der Waals surface area contributed by atoms with Crippen molar-refractivity contribution in [3.05, 3.63) is 52.1 Å². The molecule has 2 aromatic rings. The Labute approximate surface area is 170 Å². The Morgan fingerprint density at radius 1 is 1.17 bits per heavy atom. The van der Waals surface area contributed by atoms with Crippen molar-refractivity contribution in [3.8, 4) is 0 Å². The molecule has 3 heterocycles. The summed E-state index contributed by atoms with van der Waals surface area (Å²) < 4.78 is 62.8. The molecule has 1 aromatic heterocycles. The predicted molar refractivity (Wildman–Crippen MR) is 103 cm³/mol. The number of aromatic nitrogens is 2. The highest BCUT2D eigenvalue weighted by atomic mass is 19.4. The third-order valence-electron chi connectivity index (χ3n) is 5.65. The van der Waals surface area contributed by atoms with Gasteiger partial charge in [-0.25, -0.2) is 4.39 Å². The van der Waals surface area contributed by atoms with E-state index in [2.05, 4.69) is 4.98 Å². The second-order valence-corrected chi connectivity index (χ2v) is 7.45. The molecule has 4 rings (SSSR count). The number of nitrogens with zero attached hydrogens (tertiary/aromatic N) is 4. The van der Waals surface area contributed by atoms with Gasteiger partial charge in [0.15, 0.2) is 0 Å². The topological polar surface area (TPSA) is 50.6 Å². The number of fused-ring (bicyclic) bond motifs is 1. The number of rotatable bonds is 3. The Hall–Kier alpha value is -2.62. The van der Waals surface area contributed by atoms with Crippen molar-refractivity contribution in [2.45, 2.75) is 38.1 Å². The number of hydrogen-bond donors (Lipinski definition) is 0. The second-order valence-electron chi connectivity index (χ2n) is 7.45. The highest BCUT2D eigenvalue weighted by Gasteiger charge is 2.48. The van der Waals surface area contributed by atoms with Crippen LogP contribution in [0.1, 0.15) is 24.9 Å². The summed E-state index contributed by atoms with van der Waals surface area (Å²) in [5, 5.41) is 0. The summed E-state index contributed by atoms with van der Waals surface area (Å²) in [4.78, 5) is 20.0. The summed E-state index contributed by atoms with van der Waals surface area (Å²) in [7, 11) is 0. The largest absolute Gasteiger partial charge is 0.408 e. The highest BCUT2D eigenvalue weighted by molar-refractivity contribution is 5.48. The van der Waals surface area contributed by atoms with Crippen LogP contribution in [0.2, 0.25) is 0 Å². The summed E-state index contributed by atoms with van der Waals surface area (Å²) in [5.41, 5.74) is -0.306. The van der Waals surface area contributed by atoms with Crippen LogP contribution >= 0.6 is 0 Å². The van der Waals surface area contributed by atoms with Crippen LogP contribution in [0.3, 0.4) is 0 Å². The lowest BCUT2D eigenvalue weighted by Crippen LogP contribution is -2.53. The molecule has 2 aliphatic rings. The first-order valence-electron chi connectivity index (χ1n) is 9.81. The quantitative estimate of drug-likeness (QED) is 0.706. The summed E-state index contributed by atoms with van der Waals surface area (Å²) in [6.45, 7) is 3.26. The smallest absolute Gasteiger partial charge is 0.378 e. The number of anilines is 2. The molecule has 6 nitrogen and oxygen atoms in total. The zero-order chi connectivity index (χ0) is 21.5. The molecule has 10 heteroatoms. The maximum atomic E-state index is 14.4. The van der Waals surface area contributed by atoms with Crippen molar-refractivity contribution in [1.29, 1.82) is 0 Å². The van der Waals surface area contributed by atoms with Crippen LogP contribution in [0.5, 0.6) is 0 Å². The summed E-state index contributed by atoms with van der Waals surface area (Å²) in [5.74, 6) is -0.383. The molecule has 0 bridgehead atoms. The third-order valence-corrected chi connectivity index (χ3v) is 5.65. The van der Waals surface area contributed by atoms with E-state index in [1.807, 2.05) is 4.90 Å². The molecule has 0 spiro atoms. The van der Waals surface area contributed by atoms with E-state index in [-0.39, 0.29) is 24.5 Å². The fourth-order valence-electron chi connectivity index (χ4n) is 4.10. The van der Waals surface area contributed by atoms with Crippen molar-refractivity contribution in [2.24, 2.45) is 0 Å². The van der Waals surface area contributed by atoms with Gasteiger partial charge in [0, 0.05) is 31.3 Å². The molecule has 0 radical (unpaired) electrons. The van der Waals surface area contributed by atoms with E-state index >= 15 is 0 Å². The molecule has 1 aromatic carbocycles. The summed E-state index contributed by atoms with van der Waals surface area (Å²) in [6.07, 6.45) is -4.87. The van der Waals surface area contributed by atoms with Crippen LogP contribution in [-0.2, 0) is 11.3 Å². The van der Waals surface area contributed by atoms with Gasteiger partial charge in [0.1, 0.15) is 17.7 Å². The van der Waals surface area contributed by atoms with E-state index in [1.165, 1.54) is 35.8 Å². The van der Waals surface area contributed by atoms with Crippen LogP contribution in [0, 0.1) is 5.82 Å². The molecule has 30 heavy (non-hydrogen) atoms. The number of ether oxygens (including phenoxy) is 1. The first-order valence-corrected chi connectivity index (χ1v) is 9.81. The van der Waals surface area contributed by atoms with Gasteiger partial charge in [0.2, 0.25) is 5.95 Å². The number of benzene rings is 1. The molecular weight excluding hydrogens is 404 g/mol. The Balaban J connectivity index is 1.84. The lowest BCUT2D eigenvalue weighted by Gasteiger charge is -2.43. The van der Waals surface area contributed by atoms with Crippen molar-refractivity contribution in [2.75, 3.05) is 36.1 Å². The van der Waals surface area contributed by atoms with Gasteiger partial charge in [-0.2, -0.15) is 18.2 Å². The van der Waals surface area contributed by atoms with Gasteiger partial charge >= 0.3 is 6.18 Å². The average molecular weight is 426 g/mol. The molecule has 162 valence electrons. The van der Waals surface area contributed by atoms with E-state index in [0.717, 1.165) is 4.90 Å². The number of hydrogen-bond acceptors (Lipinski definition) is 5. The van der Waals surface area contributed by atoms with E-state index in [0.29, 0.717) is 32.1 Å². The van der Waals surface area contributed by atoms with Gasteiger partial charge in [0.25, 0.3) is 5.56 Å². The van der Waals surface area contributed by atoms with Gasteiger partial charge < -0.3 is 14.5 Å². The van der Waals surface area contributed by atoms with Gasteiger partial charge in [-0.3, -0.25) is 9.36 Å². The van der Waals surface area contributed by atoms with Gasteiger partial charge in [-0.05, 0) is 19.4 Å². The minimum Gasteiger partial charge on any atom is -0.378 e. The molecule has 0 N–H and O–H groups in total. The third kappa shape index (κ3) is 3.76. The standard InChI is InChI=1S/C20H22F4N4O2/c1-13(14-4-2-3-5-15(14)21)28-16(20(22,23)24)6-7-27-18(29)12-17(25-19(27)28)26-8-10-30-11-9-26/h2-5,12-13,16H,6-11H2,1H3/t13?,16-/m0/s1. The van der Waals surface area contributed by atoms with Crippen molar-refractivity contribution >= 4 is 11.8 Å². The molecule has 1 saturated heterocycles. The minimum absolute atomic E-state index is 0.0895. The van der Waals surface area contributed by atoms with Gasteiger partial charge in [-0.15, -0.1) is 0 Å². The molecule has 0 saturated carbocycles. The lowest BCUT2D eigenvalue weighted by molar-refractivity contribution is -0.154. The highest BCUT2D eigenvalue weighted by Crippen LogP contribution is 2.40.